The minimum Gasteiger partial charge on any atom is -0.480 e. The van der Waals surface area contributed by atoms with Gasteiger partial charge in [0.15, 0.2) is 5.82 Å². The van der Waals surface area contributed by atoms with Crippen LogP contribution in [0.15, 0.2) is 30.3 Å². The molecular weight excluding hydrogens is 324 g/mol. The second-order valence-electron chi connectivity index (χ2n) is 5.89. The summed E-state index contributed by atoms with van der Waals surface area (Å²) < 4.78 is 0. The molecule has 2 aromatic rings. The number of nitro benzene ring substituents is 1. The number of rotatable bonds is 5. The third kappa shape index (κ3) is 3.42. The molecule has 0 unspecified atom stereocenters. The Bertz CT molecular complexity index is 807. The Kier molecular flexibility index (Phi) is 4.60. The molecule has 1 aromatic heterocycles. The van der Waals surface area contributed by atoms with Gasteiger partial charge in [-0.25, -0.2) is 14.8 Å². The molecule has 0 spiro atoms. The predicted molar refractivity (Wildman–Crippen MR) is 91.5 cm³/mol. The lowest BCUT2D eigenvalue weighted by Crippen LogP contribution is -2.36. The van der Waals surface area contributed by atoms with Gasteiger partial charge in [0, 0.05) is 36.0 Å². The van der Waals surface area contributed by atoms with Gasteiger partial charge in [0.2, 0.25) is 0 Å². The molecule has 0 bridgehead atoms. The van der Waals surface area contributed by atoms with Crippen LogP contribution in [-0.2, 0) is 11.2 Å². The van der Waals surface area contributed by atoms with Gasteiger partial charge in [0.25, 0.3) is 5.69 Å². The Hall–Kier alpha value is -3.03. The normalized spacial score (nSPS) is 16.8. The number of hydrogen-bond donors (Lipinski definition) is 1. The number of aliphatic carboxylic acids is 1. The summed E-state index contributed by atoms with van der Waals surface area (Å²) in [5, 5.41) is 20.2. The Morgan fingerprint density at radius 3 is 2.68 bits per heavy atom. The molecule has 1 atom stereocenters. The first-order valence-electron chi connectivity index (χ1n) is 8.12. The van der Waals surface area contributed by atoms with E-state index in [1.807, 2.05) is 13.0 Å². The van der Waals surface area contributed by atoms with Crippen molar-refractivity contribution in [2.24, 2.45) is 0 Å². The Balaban J connectivity index is 2.00. The molecule has 1 fully saturated rings. The molecule has 1 aromatic carbocycles. The van der Waals surface area contributed by atoms with Crippen molar-refractivity contribution < 1.29 is 14.8 Å². The highest BCUT2D eigenvalue weighted by Gasteiger charge is 2.32. The van der Waals surface area contributed by atoms with Crippen molar-refractivity contribution in [3.05, 3.63) is 46.1 Å². The summed E-state index contributed by atoms with van der Waals surface area (Å²) in [6.07, 6.45) is 2.07. The third-order valence-corrected chi connectivity index (χ3v) is 4.30. The van der Waals surface area contributed by atoms with Crippen molar-refractivity contribution in [3.63, 3.8) is 0 Å². The number of carboxylic acid groups (broad SMARTS) is 1. The lowest BCUT2D eigenvalue weighted by atomic mass is 10.2. The van der Waals surface area contributed by atoms with Crippen LogP contribution in [0.2, 0.25) is 0 Å². The fraction of sp³-hybridized carbons (Fsp3) is 0.353. The molecule has 1 aliphatic heterocycles. The van der Waals surface area contributed by atoms with Crippen molar-refractivity contribution in [1.82, 2.24) is 9.97 Å². The van der Waals surface area contributed by atoms with Gasteiger partial charge in [-0.1, -0.05) is 6.92 Å². The number of carbonyl (C=O) groups is 1. The van der Waals surface area contributed by atoms with Gasteiger partial charge < -0.3 is 10.0 Å². The maximum atomic E-state index is 11.4. The van der Waals surface area contributed by atoms with Crippen molar-refractivity contribution in [3.8, 4) is 11.4 Å². The van der Waals surface area contributed by atoms with E-state index in [2.05, 4.69) is 9.97 Å². The summed E-state index contributed by atoms with van der Waals surface area (Å²) in [4.78, 5) is 32.6. The van der Waals surface area contributed by atoms with E-state index in [1.54, 1.807) is 17.0 Å². The Morgan fingerprint density at radius 2 is 2.08 bits per heavy atom. The molecule has 8 heteroatoms. The largest absolute Gasteiger partial charge is 0.480 e. The number of aromatic nitrogens is 2. The second kappa shape index (κ2) is 6.84. The smallest absolute Gasteiger partial charge is 0.326 e. The molecule has 0 saturated carbocycles. The zero-order valence-electron chi connectivity index (χ0n) is 13.8. The summed E-state index contributed by atoms with van der Waals surface area (Å²) in [5.41, 5.74) is 1.46. The molecule has 0 radical (unpaired) electrons. The number of aryl methyl sites for hydroxylation is 1. The van der Waals surface area contributed by atoms with Gasteiger partial charge in [-0.3, -0.25) is 10.1 Å². The SMILES string of the molecule is CCc1cc(N2CCC[C@@H]2C(=O)O)nc(-c2ccc([N+](=O)[O-])cc2)n1. The van der Waals surface area contributed by atoms with E-state index < -0.39 is 16.9 Å². The van der Waals surface area contributed by atoms with Crippen LogP contribution in [0.25, 0.3) is 11.4 Å². The fourth-order valence-electron chi connectivity index (χ4n) is 2.97. The van der Waals surface area contributed by atoms with E-state index in [0.717, 1.165) is 12.1 Å². The van der Waals surface area contributed by atoms with Crippen molar-refractivity contribution >= 4 is 17.5 Å². The molecule has 130 valence electrons. The Morgan fingerprint density at radius 1 is 1.36 bits per heavy atom. The highest BCUT2D eigenvalue weighted by atomic mass is 16.6. The van der Waals surface area contributed by atoms with Crippen LogP contribution >= 0.6 is 0 Å². The maximum absolute atomic E-state index is 11.4. The van der Waals surface area contributed by atoms with Gasteiger partial charge in [0.1, 0.15) is 11.9 Å². The number of carboxylic acids is 1. The molecule has 25 heavy (non-hydrogen) atoms. The van der Waals surface area contributed by atoms with Crippen LogP contribution in [0.5, 0.6) is 0 Å². The van der Waals surface area contributed by atoms with E-state index in [9.17, 15) is 20.0 Å². The van der Waals surface area contributed by atoms with Gasteiger partial charge in [-0.05, 0) is 31.4 Å². The van der Waals surface area contributed by atoms with Crippen LogP contribution < -0.4 is 4.90 Å². The number of anilines is 1. The van der Waals surface area contributed by atoms with E-state index in [-0.39, 0.29) is 5.69 Å². The Labute approximate surface area is 144 Å². The summed E-state index contributed by atoms with van der Waals surface area (Å²) >= 11 is 0. The van der Waals surface area contributed by atoms with Gasteiger partial charge in [-0.15, -0.1) is 0 Å². The first kappa shape index (κ1) is 16.8. The topological polar surface area (TPSA) is 109 Å². The van der Waals surface area contributed by atoms with Crippen molar-refractivity contribution in [1.29, 1.82) is 0 Å². The molecule has 0 aliphatic carbocycles. The van der Waals surface area contributed by atoms with Crippen LogP contribution in [0.1, 0.15) is 25.5 Å². The number of hydrogen-bond acceptors (Lipinski definition) is 6. The summed E-state index contributed by atoms with van der Waals surface area (Å²) in [6.45, 7) is 2.60. The van der Waals surface area contributed by atoms with E-state index in [4.69, 9.17) is 0 Å². The molecule has 1 N–H and O–H groups in total. The fourth-order valence-corrected chi connectivity index (χ4v) is 2.97. The lowest BCUT2D eigenvalue weighted by molar-refractivity contribution is -0.384. The van der Waals surface area contributed by atoms with Crippen molar-refractivity contribution in [2.75, 3.05) is 11.4 Å². The van der Waals surface area contributed by atoms with E-state index in [1.165, 1.54) is 12.1 Å². The van der Waals surface area contributed by atoms with E-state index >= 15 is 0 Å². The quantitative estimate of drug-likeness (QED) is 0.657. The average Bonchev–Trinajstić information content (AvgIpc) is 3.11. The zero-order chi connectivity index (χ0) is 18.0. The minimum absolute atomic E-state index is 0.00102. The number of non-ortho nitro benzene ring substituents is 1. The molecular formula is C17H18N4O4. The van der Waals surface area contributed by atoms with Gasteiger partial charge in [-0.2, -0.15) is 0 Å². The van der Waals surface area contributed by atoms with Gasteiger partial charge >= 0.3 is 5.97 Å². The highest BCUT2D eigenvalue weighted by molar-refractivity contribution is 5.78. The highest BCUT2D eigenvalue weighted by Crippen LogP contribution is 2.27. The lowest BCUT2D eigenvalue weighted by Gasteiger charge is -2.23. The number of nitrogens with zero attached hydrogens (tertiary/aromatic N) is 4. The monoisotopic (exact) mass is 342 g/mol. The minimum atomic E-state index is -0.856. The van der Waals surface area contributed by atoms with Crippen molar-refractivity contribution in [2.45, 2.75) is 32.2 Å². The van der Waals surface area contributed by atoms with Crippen LogP contribution in [-0.4, -0.2) is 38.6 Å². The molecule has 2 heterocycles. The summed E-state index contributed by atoms with van der Waals surface area (Å²) in [5.74, 6) is 0.177. The summed E-state index contributed by atoms with van der Waals surface area (Å²) in [7, 11) is 0. The first-order chi connectivity index (χ1) is 12.0. The van der Waals surface area contributed by atoms with Crippen LogP contribution in [0, 0.1) is 10.1 Å². The number of nitro groups is 1. The maximum Gasteiger partial charge on any atom is 0.326 e. The molecule has 3 rings (SSSR count). The van der Waals surface area contributed by atoms with Crippen LogP contribution in [0.3, 0.4) is 0 Å². The molecule has 1 saturated heterocycles. The standard InChI is InChI=1S/C17H18N4O4/c1-2-12-10-15(20-9-3-4-14(20)17(22)23)19-16(18-12)11-5-7-13(8-6-11)21(24)25/h5-8,10,14H,2-4,9H2,1H3,(H,22,23)/t14-/m1/s1. The molecule has 1 aliphatic rings. The molecule has 0 amide bonds. The van der Waals surface area contributed by atoms with Gasteiger partial charge in [0.05, 0.1) is 4.92 Å². The number of benzene rings is 1. The van der Waals surface area contributed by atoms with E-state index in [0.29, 0.717) is 36.6 Å². The molecule has 8 nitrogen and oxygen atoms in total. The van der Waals surface area contributed by atoms with Crippen LogP contribution in [0.4, 0.5) is 11.5 Å². The average molecular weight is 342 g/mol. The predicted octanol–water partition coefficient (Wildman–Crippen LogP) is 2.67. The third-order valence-electron chi connectivity index (χ3n) is 4.30. The zero-order valence-corrected chi connectivity index (χ0v) is 13.8. The first-order valence-corrected chi connectivity index (χ1v) is 8.12. The summed E-state index contributed by atoms with van der Waals surface area (Å²) in [6, 6.07) is 7.27. The second-order valence-corrected chi connectivity index (χ2v) is 5.89.